The molecule has 0 radical (unpaired) electrons. The van der Waals surface area contributed by atoms with Crippen LogP contribution in [-0.4, -0.2) is 13.4 Å². The molecule has 1 heterocycles. The van der Waals surface area contributed by atoms with Crippen LogP contribution in [0.2, 0.25) is 0 Å². The molecule has 1 aromatic heterocycles. The molecule has 30 heavy (non-hydrogen) atoms. The molecule has 7 heteroatoms. The van der Waals surface area contributed by atoms with E-state index in [1.165, 1.54) is 6.08 Å². The minimum Gasteiger partial charge on any atom is -0.455 e. The number of nitrogens with zero attached hydrogens (tertiary/aromatic N) is 1. The van der Waals surface area contributed by atoms with Crippen molar-refractivity contribution in [2.24, 2.45) is 0 Å². The summed E-state index contributed by atoms with van der Waals surface area (Å²) in [4.78, 5) is 2.66. The molecule has 4 rings (SSSR count). The molecule has 6 nitrogen and oxygen atoms in total. The van der Waals surface area contributed by atoms with Gasteiger partial charge in [0.25, 0.3) is 10.0 Å². The molecular weight excluding hydrogens is 398 g/mol. The van der Waals surface area contributed by atoms with Gasteiger partial charge < -0.3 is 9.72 Å². The summed E-state index contributed by atoms with van der Waals surface area (Å²) >= 11 is 0. The Morgan fingerprint density at radius 3 is 2.47 bits per heavy atom. The standard InChI is InChI=1S/C23H17N3O3S/c24-15-19(14-17-16-25-21-11-5-4-10-20(17)21)30(27,28)26-22-12-6-7-13-23(22)29-18-8-2-1-3-9-18/h1-14,16,25-26H/b19-14+. The lowest BCUT2D eigenvalue weighted by Crippen LogP contribution is -2.14. The van der Waals surface area contributed by atoms with Crippen LogP contribution in [0.1, 0.15) is 5.56 Å². The Morgan fingerprint density at radius 2 is 1.67 bits per heavy atom. The van der Waals surface area contributed by atoms with Crippen LogP contribution in [0.5, 0.6) is 11.5 Å². The van der Waals surface area contributed by atoms with E-state index in [0.29, 0.717) is 17.1 Å². The van der Waals surface area contributed by atoms with Gasteiger partial charge in [0.1, 0.15) is 11.8 Å². The number of aromatic amines is 1. The molecule has 0 atom stereocenters. The lowest BCUT2D eigenvalue weighted by Gasteiger charge is -2.13. The van der Waals surface area contributed by atoms with Crippen LogP contribution in [0.15, 0.2) is 90.0 Å². The zero-order valence-electron chi connectivity index (χ0n) is 15.7. The third-order valence-corrected chi connectivity index (χ3v) is 5.69. The molecule has 3 aromatic carbocycles. The molecule has 0 spiro atoms. The molecule has 0 amide bonds. The summed E-state index contributed by atoms with van der Waals surface area (Å²) in [7, 11) is -4.13. The molecule has 0 bridgehead atoms. The minimum absolute atomic E-state index is 0.237. The van der Waals surface area contributed by atoms with Crippen LogP contribution in [0.4, 0.5) is 5.69 Å². The Morgan fingerprint density at radius 1 is 0.967 bits per heavy atom. The highest BCUT2D eigenvalue weighted by Gasteiger charge is 2.20. The first-order chi connectivity index (χ1) is 14.6. The number of fused-ring (bicyclic) bond motifs is 1. The van der Waals surface area contributed by atoms with E-state index < -0.39 is 14.9 Å². The van der Waals surface area contributed by atoms with Crippen molar-refractivity contribution in [1.29, 1.82) is 5.26 Å². The van der Waals surface area contributed by atoms with Crippen molar-refractivity contribution in [2.45, 2.75) is 0 Å². The molecule has 0 aliphatic carbocycles. The lowest BCUT2D eigenvalue weighted by atomic mass is 10.1. The van der Waals surface area contributed by atoms with Gasteiger partial charge in [0, 0.05) is 22.7 Å². The zero-order chi connectivity index (χ0) is 21.0. The highest BCUT2D eigenvalue weighted by atomic mass is 32.2. The van der Waals surface area contributed by atoms with Gasteiger partial charge in [-0.15, -0.1) is 0 Å². The summed E-state index contributed by atoms with van der Waals surface area (Å²) in [6, 6.07) is 24.9. The molecule has 0 fully saturated rings. The Kier molecular flexibility index (Phi) is 5.24. The second-order valence-electron chi connectivity index (χ2n) is 6.43. The monoisotopic (exact) mass is 415 g/mol. The van der Waals surface area contributed by atoms with Crippen molar-refractivity contribution < 1.29 is 13.2 Å². The first-order valence-corrected chi connectivity index (χ1v) is 10.6. The van der Waals surface area contributed by atoms with Gasteiger partial charge >= 0.3 is 0 Å². The number of nitriles is 1. The molecule has 148 valence electrons. The summed E-state index contributed by atoms with van der Waals surface area (Å²) in [6.07, 6.45) is 3.02. The average molecular weight is 415 g/mol. The highest BCUT2D eigenvalue weighted by molar-refractivity contribution is 7.97. The predicted molar refractivity (Wildman–Crippen MR) is 117 cm³/mol. The number of ether oxygens (including phenoxy) is 1. The SMILES string of the molecule is N#C/C(=C\c1c[nH]c2ccccc12)S(=O)(=O)Nc1ccccc1Oc1ccccc1. The van der Waals surface area contributed by atoms with Crippen LogP contribution >= 0.6 is 0 Å². The van der Waals surface area contributed by atoms with Crippen molar-refractivity contribution in [3.63, 3.8) is 0 Å². The Balaban J connectivity index is 1.66. The van der Waals surface area contributed by atoms with Gasteiger partial charge in [0.2, 0.25) is 0 Å². The number of benzene rings is 3. The molecule has 4 aromatic rings. The normalized spacial score (nSPS) is 11.8. The predicted octanol–water partition coefficient (Wildman–Crippen LogP) is 5.27. The summed E-state index contributed by atoms with van der Waals surface area (Å²) in [5.74, 6) is 0.899. The van der Waals surface area contributed by atoms with E-state index in [-0.39, 0.29) is 5.69 Å². The first kappa shape index (κ1) is 19.3. The Labute approximate surface area is 174 Å². The van der Waals surface area contributed by atoms with E-state index in [2.05, 4.69) is 9.71 Å². The van der Waals surface area contributed by atoms with Gasteiger partial charge in [0.05, 0.1) is 5.69 Å². The van der Waals surface area contributed by atoms with Crippen LogP contribution in [-0.2, 0) is 10.0 Å². The molecule has 0 aliphatic rings. The topological polar surface area (TPSA) is 95.0 Å². The lowest BCUT2D eigenvalue weighted by molar-refractivity contribution is 0.485. The molecule has 0 saturated heterocycles. The maximum Gasteiger partial charge on any atom is 0.272 e. The minimum atomic E-state index is -4.13. The van der Waals surface area contributed by atoms with Gasteiger partial charge in [-0.3, -0.25) is 4.72 Å². The number of hydrogen-bond acceptors (Lipinski definition) is 4. The van der Waals surface area contributed by atoms with Crippen LogP contribution in [0, 0.1) is 11.3 Å². The van der Waals surface area contributed by atoms with Crippen molar-refractivity contribution in [3.05, 3.63) is 95.5 Å². The Bertz CT molecular complexity index is 1370. The summed E-state index contributed by atoms with van der Waals surface area (Å²) in [5, 5.41) is 10.4. The van der Waals surface area contributed by atoms with E-state index in [9.17, 15) is 13.7 Å². The number of sulfonamides is 1. The number of hydrogen-bond donors (Lipinski definition) is 2. The third kappa shape index (κ3) is 4.04. The molecule has 0 unspecified atom stereocenters. The van der Waals surface area contributed by atoms with E-state index in [1.807, 2.05) is 42.5 Å². The summed E-state index contributed by atoms with van der Waals surface area (Å²) in [6.45, 7) is 0. The second-order valence-corrected chi connectivity index (χ2v) is 8.08. The second kappa shape index (κ2) is 8.15. The molecule has 2 N–H and O–H groups in total. The first-order valence-electron chi connectivity index (χ1n) is 9.09. The van der Waals surface area contributed by atoms with Crippen LogP contribution in [0.25, 0.3) is 17.0 Å². The number of rotatable bonds is 6. The van der Waals surface area contributed by atoms with Gasteiger partial charge in [-0.25, -0.2) is 8.42 Å². The summed E-state index contributed by atoms with van der Waals surface area (Å²) < 4.78 is 34.1. The fourth-order valence-electron chi connectivity index (χ4n) is 2.98. The van der Waals surface area contributed by atoms with Crippen LogP contribution in [0.3, 0.4) is 0 Å². The van der Waals surface area contributed by atoms with Gasteiger partial charge in [0.15, 0.2) is 10.7 Å². The number of nitrogens with one attached hydrogen (secondary N) is 2. The van der Waals surface area contributed by atoms with E-state index in [0.717, 1.165) is 10.9 Å². The summed E-state index contributed by atoms with van der Waals surface area (Å²) in [5.41, 5.74) is 1.70. The molecule has 0 saturated carbocycles. The van der Waals surface area contributed by atoms with E-state index in [4.69, 9.17) is 4.74 Å². The van der Waals surface area contributed by atoms with Gasteiger partial charge in [-0.2, -0.15) is 5.26 Å². The maximum atomic E-state index is 12.9. The number of anilines is 1. The molecular formula is C23H17N3O3S. The number of para-hydroxylation sites is 4. The van der Waals surface area contributed by atoms with E-state index >= 15 is 0 Å². The number of H-pyrrole nitrogens is 1. The number of aromatic nitrogens is 1. The van der Waals surface area contributed by atoms with Crippen LogP contribution < -0.4 is 9.46 Å². The average Bonchev–Trinajstić information content (AvgIpc) is 3.17. The van der Waals surface area contributed by atoms with E-state index in [1.54, 1.807) is 48.7 Å². The highest BCUT2D eigenvalue weighted by Crippen LogP contribution is 2.31. The maximum absolute atomic E-state index is 12.9. The quantitative estimate of drug-likeness (QED) is 0.420. The molecule has 0 aliphatic heterocycles. The largest absolute Gasteiger partial charge is 0.455 e. The zero-order valence-corrected chi connectivity index (χ0v) is 16.6. The Hall–Kier alpha value is -4.02. The third-order valence-electron chi connectivity index (χ3n) is 4.41. The fraction of sp³-hybridized carbons (Fsp3) is 0. The number of allylic oxidation sites excluding steroid dienone is 1. The van der Waals surface area contributed by atoms with Crippen molar-refractivity contribution in [2.75, 3.05) is 4.72 Å². The van der Waals surface area contributed by atoms with Crippen molar-refractivity contribution in [1.82, 2.24) is 4.98 Å². The fourth-order valence-corrected chi connectivity index (χ4v) is 3.95. The van der Waals surface area contributed by atoms with Crippen molar-refractivity contribution in [3.8, 4) is 17.6 Å². The smallest absolute Gasteiger partial charge is 0.272 e. The van der Waals surface area contributed by atoms with Gasteiger partial charge in [-0.05, 0) is 36.4 Å². The van der Waals surface area contributed by atoms with Crippen molar-refractivity contribution >= 4 is 32.7 Å². The van der Waals surface area contributed by atoms with Gasteiger partial charge in [-0.1, -0.05) is 48.5 Å².